The zero-order valence-electron chi connectivity index (χ0n) is 25.1. The lowest BCUT2D eigenvalue weighted by Crippen LogP contribution is -2.35. The Balaban J connectivity index is 1.39. The van der Waals surface area contributed by atoms with Gasteiger partial charge in [0, 0.05) is 22.3 Å². The normalized spacial score (nSPS) is 21.0. The van der Waals surface area contributed by atoms with Gasteiger partial charge in [-0.3, -0.25) is 4.99 Å². The summed E-state index contributed by atoms with van der Waals surface area (Å²) in [7, 11) is 0. The fraction of sp³-hybridized carbons (Fsp3) is 0.0714. The van der Waals surface area contributed by atoms with Gasteiger partial charge < -0.3 is 9.73 Å². The lowest BCUT2D eigenvalue weighted by Gasteiger charge is -2.31. The van der Waals surface area contributed by atoms with Crippen molar-refractivity contribution in [1.82, 2.24) is 5.32 Å². The maximum Gasteiger partial charge on any atom is 0.173 e. The van der Waals surface area contributed by atoms with E-state index >= 15 is 0 Å². The molecule has 216 valence electrons. The third-order valence-electron chi connectivity index (χ3n) is 9.46. The van der Waals surface area contributed by atoms with Crippen LogP contribution in [0.25, 0.3) is 40.2 Å². The topological polar surface area (TPSA) is 37.5 Å². The van der Waals surface area contributed by atoms with Crippen molar-refractivity contribution in [1.29, 1.82) is 0 Å². The number of fused-ring (bicyclic) bond motifs is 10. The number of hydrogen-bond acceptors (Lipinski definition) is 3. The SMILES string of the molecule is C=Cc1oc2c(c1/C=C\C)C1(c3ccccc3-c3ccccc31)c1cc(C3=C/C=C\NC(N=C)(c4ccccc4)\C=C\3)ccc1-2. The fourth-order valence-corrected chi connectivity index (χ4v) is 7.56. The lowest BCUT2D eigenvalue weighted by atomic mass is 9.69. The number of benzene rings is 4. The number of nitrogens with zero attached hydrogens (tertiary/aromatic N) is 1. The maximum absolute atomic E-state index is 6.68. The van der Waals surface area contributed by atoms with Crippen LogP contribution in [0.3, 0.4) is 0 Å². The molecule has 0 fully saturated rings. The Morgan fingerprint density at radius 3 is 2.22 bits per heavy atom. The summed E-state index contributed by atoms with van der Waals surface area (Å²) < 4.78 is 6.68. The van der Waals surface area contributed by atoms with Crippen LogP contribution in [0.5, 0.6) is 0 Å². The molecule has 3 nitrogen and oxygen atoms in total. The first kappa shape index (κ1) is 26.9. The van der Waals surface area contributed by atoms with E-state index in [4.69, 9.17) is 4.42 Å². The second-order valence-corrected chi connectivity index (χ2v) is 11.6. The Kier molecular flexibility index (Phi) is 6.11. The van der Waals surface area contributed by atoms with Gasteiger partial charge in [-0.05, 0) is 83.1 Å². The summed E-state index contributed by atoms with van der Waals surface area (Å²) >= 11 is 0. The van der Waals surface area contributed by atoms with Crippen LogP contribution in [-0.2, 0) is 11.1 Å². The molecule has 8 rings (SSSR count). The summed E-state index contributed by atoms with van der Waals surface area (Å²) in [4.78, 5) is 4.56. The summed E-state index contributed by atoms with van der Waals surface area (Å²) in [5.74, 6) is 1.71. The second-order valence-electron chi connectivity index (χ2n) is 11.6. The molecule has 0 amide bonds. The fourth-order valence-electron chi connectivity index (χ4n) is 7.56. The highest BCUT2D eigenvalue weighted by Crippen LogP contribution is 2.64. The quantitative estimate of drug-likeness (QED) is 0.206. The van der Waals surface area contributed by atoms with Gasteiger partial charge in [0.2, 0.25) is 0 Å². The summed E-state index contributed by atoms with van der Waals surface area (Å²) in [6.45, 7) is 10.1. The first-order valence-corrected chi connectivity index (χ1v) is 15.3. The van der Waals surface area contributed by atoms with E-state index in [-0.39, 0.29) is 0 Å². The average Bonchev–Trinajstić information content (AvgIpc) is 3.69. The molecule has 0 radical (unpaired) electrons. The van der Waals surface area contributed by atoms with Crippen molar-refractivity contribution in [2.45, 2.75) is 18.0 Å². The molecule has 45 heavy (non-hydrogen) atoms. The van der Waals surface area contributed by atoms with E-state index in [1.54, 1.807) is 0 Å². The molecule has 1 aliphatic heterocycles. The smallest absolute Gasteiger partial charge is 0.173 e. The van der Waals surface area contributed by atoms with E-state index < -0.39 is 11.1 Å². The summed E-state index contributed by atoms with van der Waals surface area (Å²) in [6.07, 6.45) is 16.5. The molecule has 2 aliphatic carbocycles. The number of aliphatic imine (C=N–C) groups is 1. The maximum atomic E-state index is 6.68. The highest BCUT2D eigenvalue weighted by Gasteiger charge is 2.54. The molecule has 2 heterocycles. The molecule has 1 aromatic heterocycles. The Bertz CT molecular complexity index is 2090. The molecule has 4 aromatic carbocycles. The van der Waals surface area contributed by atoms with Crippen LogP contribution < -0.4 is 5.32 Å². The van der Waals surface area contributed by atoms with Crippen molar-refractivity contribution in [2.24, 2.45) is 4.99 Å². The molecule has 5 aromatic rings. The summed E-state index contributed by atoms with van der Waals surface area (Å²) in [5, 5.41) is 3.45. The predicted molar refractivity (Wildman–Crippen MR) is 187 cm³/mol. The van der Waals surface area contributed by atoms with Gasteiger partial charge in [0.15, 0.2) is 5.66 Å². The van der Waals surface area contributed by atoms with Gasteiger partial charge in [-0.15, -0.1) is 0 Å². The van der Waals surface area contributed by atoms with Gasteiger partial charge >= 0.3 is 0 Å². The minimum Gasteiger partial charge on any atom is -0.456 e. The number of nitrogens with one attached hydrogen (secondary N) is 1. The molecule has 0 saturated carbocycles. The molecule has 3 aliphatic rings. The number of rotatable bonds is 5. The molecular weight excluding hydrogens is 548 g/mol. The van der Waals surface area contributed by atoms with Crippen molar-refractivity contribution in [3.05, 3.63) is 185 Å². The van der Waals surface area contributed by atoms with E-state index in [2.05, 4.69) is 140 Å². The molecule has 1 spiro atoms. The highest BCUT2D eigenvalue weighted by molar-refractivity contribution is 5.97. The molecule has 1 atom stereocenters. The Labute approximate surface area is 264 Å². The van der Waals surface area contributed by atoms with Crippen molar-refractivity contribution >= 4 is 24.4 Å². The summed E-state index contributed by atoms with van der Waals surface area (Å²) in [6, 6.07) is 34.6. The first-order chi connectivity index (χ1) is 22.2. The van der Waals surface area contributed by atoms with Gasteiger partial charge in [-0.1, -0.05) is 122 Å². The molecule has 1 N–H and O–H groups in total. The minimum atomic E-state index is -0.775. The molecule has 0 bridgehead atoms. The van der Waals surface area contributed by atoms with Gasteiger partial charge in [0.05, 0.1) is 5.41 Å². The summed E-state index contributed by atoms with van der Waals surface area (Å²) in [5.41, 5.74) is 11.6. The van der Waals surface area contributed by atoms with E-state index in [9.17, 15) is 0 Å². The monoisotopic (exact) mass is 580 g/mol. The molecule has 0 saturated heterocycles. The largest absolute Gasteiger partial charge is 0.456 e. The van der Waals surface area contributed by atoms with Crippen LogP contribution in [-0.4, -0.2) is 6.72 Å². The Morgan fingerprint density at radius 2 is 1.53 bits per heavy atom. The lowest BCUT2D eigenvalue weighted by molar-refractivity contribution is 0.506. The third-order valence-corrected chi connectivity index (χ3v) is 9.46. The zero-order valence-corrected chi connectivity index (χ0v) is 25.1. The van der Waals surface area contributed by atoms with Gasteiger partial charge in [-0.25, -0.2) is 0 Å². The molecule has 1 unspecified atom stereocenters. The third kappa shape index (κ3) is 3.67. The van der Waals surface area contributed by atoms with Crippen LogP contribution in [0.15, 0.2) is 150 Å². The van der Waals surface area contributed by atoms with Crippen LogP contribution in [0.1, 0.15) is 51.6 Å². The van der Waals surface area contributed by atoms with Crippen molar-refractivity contribution in [3.63, 3.8) is 0 Å². The van der Waals surface area contributed by atoms with Crippen molar-refractivity contribution < 1.29 is 4.42 Å². The van der Waals surface area contributed by atoms with Crippen LogP contribution >= 0.6 is 0 Å². The Hall–Kier alpha value is -5.67. The van der Waals surface area contributed by atoms with Crippen LogP contribution in [0.2, 0.25) is 0 Å². The number of furan rings is 1. The second kappa shape index (κ2) is 10.2. The Morgan fingerprint density at radius 1 is 0.822 bits per heavy atom. The standard InChI is InChI=1S/C42H32N2O/c1-4-14-34-38(5-2)45-40-33-23-22-29(28-15-13-26-44-41(43-3,25-24-28)30-16-7-6-8-17-30)27-37(33)42(39(34)40)35-20-11-9-18-31(35)32-19-10-12-21-36(32)42/h4-27,44H,2-3H2,1H3/b14-4-,25-24+,26-13-,28-15+. The highest BCUT2D eigenvalue weighted by atomic mass is 16.3. The average molecular weight is 581 g/mol. The van der Waals surface area contributed by atoms with Crippen LogP contribution in [0.4, 0.5) is 0 Å². The van der Waals surface area contributed by atoms with E-state index in [1.165, 1.54) is 33.4 Å². The predicted octanol–water partition coefficient (Wildman–Crippen LogP) is 9.91. The van der Waals surface area contributed by atoms with Gasteiger partial charge in [0.1, 0.15) is 11.5 Å². The van der Waals surface area contributed by atoms with E-state index in [0.717, 1.165) is 39.3 Å². The van der Waals surface area contributed by atoms with E-state index in [0.29, 0.717) is 0 Å². The van der Waals surface area contributed by atoms with Gasteiger partial charge in [-0.2, -0.15) is 0 Å². The molecular formula is C42H32N2O. The van der Waals surface area contributed by atoms with Crippen LogP contribution in [0, 0.1) is 0 Å². The number of allylic oxidation sites excluding steroid dienone is 5. The zero-order chi connectivity index (χ0) is 30.6. The minimum absolute atomic E-state index is 0.535. The van der Waals surface area contributed by atoms with Gasteiger partial charge in [0.25, 0.3) is 0 Å². The number of hydrogen-bond donors (Lipinski definition) is 1. The van der Waals surface area contributed by atoms with Crippen molar-refractivity contribution in [3.8, 4) is 22.5 Å². The van der Waals surface area contributed by atoms with E-state index in [1.807, 2.05) is 36.6 Å². The molecule has 3 heteroatoms. The van der Waals surface area contributed by atoms with Crippen molar-refractivity contribution in [2.75, 3.05) is 0 Å². The first-order valence-electron chi connectivity index (χ1n) is 15.3.